The molecule has 0 amide bonds. The third kappa shape index (κ3) is 8.01. The zero-order valence-corrected chi connectivity index (χ0v) is 20.9. The van der Waals surface area contributed by atoms with E-state index < -0.39 is 11.8 Å². The molecule has 0 aliphatic heterocycles. The lowest BCUT2D eigenvalue weighted by Crippen LogP contribution is -2.07. The topological polar surface area (TPSA) is 143 Å². The quantitative estimate of drug-likeness (QED) is 0.293. The second-order valence-corrected chi connectivity index (χ2v) is 7.89. The average Bonchev–Trinajstić information content (AvgIpc) is 2.84. The van der Waals surface area contributed by atoms with Gasteiger partial charge < -0.3 is 20.5 Å². The lowest BCUT2D eigenvalue weighted by Gasteiger charge is -2.15. The van der Waals surface area contributed by atoms with E-state index in [1.807, 2.05) is 39.0 Å². The van der Waals surface area contributed by atoms with E-state index in [0.717, 1.165) is 40.6 Å². The molecule has 10 nitrogen and oxygen atoms in total. The third-order valence-corrected chi connectivity index (χ3v) is 4.91. The van der Waals surface area contributed by atoms with Crippen LogP contribution in [0.25, 0.3) is 0 Å². The fourth-order valence-electron chi connectivity index (χ4n) is 2.88. The minimum absolute atomic E-state index is 0.0347. The standard InChI is InChI=1S/C23H25N5O2.C3H4O3/c1-6-18(29)10-17-9-14(2)7-8-19(17)26-22-16(4)13-25-23(28-22)27-20-11-21(30-5)24-12-15(20)3;1-2(4)3(5)6/h6-9,11-13H,1,10H2,2-5H3,(H2,24,25,26,27,28);1H3,(H,5,6). The van der Waals surface area contributed by atoms with Gasteiger partial charge in [-0.1, -0.05) is 24.3 Å². The van der Waals surface area contributed by atoms with E-state index >= 15 is 0 Å². The molecule has 2 aromatic heterocycles. The summed E-state index contributed by atoms with van der Waals surface area (Å²) >= 11 is 0. The summed E-state index contributed by atoms with van der Waals surface area (Å²) in [7, 11) is 1.57. The van der Waals surface area contributed by atoms with E-state index in [-0.39, 0.29) is 12.2 Å². The van der Waals surface area contributed by atoms with Gasteiger partial charge in [0.1, 0.15) is 5.82 Å². The predicted molar refractivity (Wildman–Crippen MR) is 137 cm³/mol. The first-order chi connectivity index (χ1) is 17.0. The van der Waals surface area contributed by atoms with Crippen LogP contribution in [0.4, 0.5) is 23.1 Å². The second-order valence-electron chi connectivity index (χ2n) is 7.89. The Hall–Kier alpha value is -4.60. The zero-order chi connectivity index (χ0) is 26.8. The normalized spacial score (nSPS) is 9.92. The number of carbonyl (C=O) groups excluding carboxylic acids is 2. The molecule has 0 aliphatic rings. The summed E-state index contributed by atoms with van der Waals surface area (Å²) in [6.07, 6.45) is 5.09. The van der Waals surface area contributed by atoms with Crippen molar-refractivity contribution < 1.29 is 24.2 Å². The summed E-state index contributed by atoms with van der Waals surface area (Å²) in [4.78, 5) is 44.0. The van der Waals surface area contributed by atoms with E-state index in [4.69, 9.17) is 9.84 Å². The van der Waals surface area contributed by atoms with Gasteiger partial charge in [0.25, 0.3) is 0 Å². The molecule has 36 heavy (non-hydrogen) atoms. The van der Waals surface area contributed by atoms with Crippen molar-refractivity contribution in [3.8, 4) is 5.88 Å². The minimum Gasteiger partial charge on any atom is -0.481 e. The Morgan fingerprint density at radius 2 is 1.69 bits per heavy atom. The van der Waals surface area contributed by atoms with Crippen molar-refractivity contribution in [2.24, 2.45) is 0 Å². The number of nitrogens with zero attached hydrogens (tertiary/aromatic N) is 3. The molecule has 0 saturated carbocycles. The van der Waals surface area contributed by atoms with Crippen molar-refractivity contribution in [2.45, 2.75) is 34.1 Å². The molecule has 3 N–H and O–H groups in total. The van der Waals surface area contributed by atoms with E-state index in [2.05, 4.69) is 32.2 Å². The highest BCUT2D eigenvalue weighted by molar-refractivity contribution is 6.31. The number of methoxy groups -OCH3 is 1. The number of aromatic nitrogens is 3. The highest BCUT2D eigenvalue weighted by atomic mass is 16.5. The number of nitrogens with one attached hydrogen (secondary N) is 2. The molecular weight excluding hydrogens is 462 g/mol. The van der Waals surface area contributed by atoms with Crippen molar-refractivity contribution >= 4 is 40.7 Å². The van der Waals surface area contributed by atoms with Crippen LogP contribution in [0.5, 0.6) is 5.88 Å². The van der Waals surface area contributed by atoms with Gasteiger partial charge in [0, 0.05) is 43.1 Å². The maximum absolute atomic E-state index is 11.9. The van der Waals surface area contributed by atoms with Crippen LogP contribution in [0.1, 0.15) is 29.2 Å². The summed E-state index contributed by atoms with van der Waals surface area (Å²) in [6, 6.07) is 7.73. The number of carbonyl (C=O) groups is 3. The lowest BCUT2D eigenvalue weighted by molar-refractivity contribution is -0.148. The SMILES string of the molecule is C=CC(=O)Cc1cc(C)ccc1Nc1nc(Nc2cc(OC)ncc2C)ncc1C.CC(=O)C(=O)O. The van der Waals surface area contributed by atoms with Gasteiger partial charge in [0.15, 0.2) is 5.78 Å². The van der Waals surface area contributed by atoms with Crippen LogP contribution in [-0.2, 0) is 20.8 Å². The number of benzene rings is 1. The Morgan fingerprint density at radius 3 is 2.31 bits per heavy atom. The summed E-state index contributed by atoms with van der Waals surface area (Å²) in [5, 5.41) is 14.2. The van der Waals surface area contributed by atoms with Gasteiger partial charge in [-0.05, 0) is 44.0 Å². The van der Waals surface area contributed by atoms with Crippen LogP contribution in [0.3, 0.4) is 0 Å². The number of allylic oxidation sites excluding steroid dienone is 1. The molecule has 0 spiro atoms. The molecule has 10 heteroatoms. The molecule has 1 aromatic carbocycles. The number of pyridine rings is 1. The van der Waals surface area contributed by atoms with Crippen molar-refractivity contribution in [3.63, 3.8) is 0 Å². The van der Waals surface area contributed by atoms with Crippen LogP contribution >= 0.6 is 0 Å². The monoisotopic (exact) mass is 491 g/mol. The van der Waals surface area contributed by atoms with Crippen molar-refractivity contribution in [1.29, 1.82) is 0 Å². The number of aryl methyl sites for hydroxylation is 3. The largest absolute Gasteiger partial charge is 0.481 e. The summed E-state index contributed by atoms with van der Waals surface area (Å²) < 4.78 is 5.19. The summed E-state index contributed by atoms with van der Waals surface area (Å²) in [5.41, 5.74) is 5.43. The number of ether oxygens (including phenoxy) is 1. The Kier molecular flexibility index (Phi) is 9.79. The smallest absolute Gasteiger partial charge is 0.371 e. The number of ketones is 2. The number of rotatable bonds is 9. The number of aliphatic carboxylic acids is 1. The molecule has 0 bridgehead atoms. The molecule has 0 atom stereocenters. The molecule has 0 fully saturated rings. The third-order valence-electron chi connectivity index (χ3n) is 4.91. The lowest BCUT2D eigenvalue weighted by atomic mass is 10.0. The zero-order valence-electron chi connectivity index (χ0n) is 20.9. The van der Waals surface area contributed by atoms with E-state index in [0.29, 0.717) is 17.6 Å². The Bertz CT molecular complexity index is 1280. The van der Waals surface area contributed by atoms with E-state index in [9.17, 15) is 14.4 Å². The van der Waals surface area contributed by atoms with Crippen molar-refractivity contribution in [3.05, 3.63) is 71.6 Å². The fraction of sp³-hybridized carbons (Fsp3) is 0.231. The van der Waals surface area contributed by atoms with Gasteiger partial charge in [-0.15, -0.1) is 0 Å². The van der Waals surface area contributed by atoms with E-state index in [1.165, 1.54) is 6.08 Å². The summed E-state index contributed by atoms with van der Waals surface area (Å²) in [5.74, 6) is -0.639. The van der Waals surface area contributed by atoms with Crippen LogP contribution in [0.2, 0.25) is 0 Å². The molecule has 0 aliphatic carbocycles. The highest BCUT2D eigenvalue weighted by Crippen LogP contribution is 2.26. The van der Waals surface area contributed by atoms with Crippen LogP contribution in [0.15, 0.2) is 49.3 Å². The van der Waals surface area contributed by atoms with Gasteiger partial charge in [-0.3, -0.25) is 9.59 Å². The Balaban J connectivity index is 0.000000678. The number of anilines is 4. The first kappa shape index (κ1) is 27.6. The molecule has 3 aromatic rings. The van der Waals surface area contributed by atoms with Gasteiger partial charge in [-0.2, -0.15) is 4.98 Å². The molecular formula is C26H29N5O5. The first-order valence-corrected chi connectivity index (χ1v) is 10.9. The van der Waals surface area contributed by atoms with Gasteiger partial charge >= 0.3 is 5.97 Å². The van der Waals surface area contributed by atoms with Crippen LogP contribution in [0, 0.1) is 20.8 Å². The number of hydrogen-bond acceptors (Lipinski definition) is 9. The average molecular weight is 492 g/mol. The number of carboxylic acids is 1. The van der Waals surface area contributed by atoms with Gasteiger partial charge in [0.05, 0.1) is 12.8 Å². The Morgan fingerprint density at radius 1 is 1.03 bits per heavy atom. The van der Waals surface area contributed by atoms with Gasteiger partial charge in [0.2, 0.25) is 17.6 Å². The number of Topliss-reactive ketones (excluding diaryl/α,β-unsaturated/α-hetero) is 1. The predicted octanol–water partition coefficient (Wildman–Crippen LogP) is 4.25. The molecule has 2 heterocycles. The minimum atomic E-state index is -1.38. The van der Waals surface area contributed by atoms with Crippen molar-refractivity contribution in [2.75, 3.05) is 17.7 Å². The Labute approximate surface area is 209 Å². The molecule has 0 saturated heterocycles. The second kappa shape index (κ2) is 12.7. The number of hydrogen-bond donors (Lipinski definition) is 3. The molecule has 188 valence electrons. The molecule has 3 rings (SSSR count). The first-order valence-electron chi connectivity index (χ1n) is 10.9. The van der Waals surface area contributed by atoms with Crippen LogP contribution < -0.4 is 15.4 Å². The molecule has 0 radical (unpaired) electrons. The van der Waals surface area contributed by atoms with E-state index in [1.54, 1.807) is 25.6 Å². The van der Waals surface area contributed by atoms with Gasteiger partial charge in [-0.25, -0.2) is 14.8 Å². The molecule has 0 unspecified atom stereocenters. The fourth-order valence-corrected chi connectivity index (χ4v) is 2.88. The maximum atomic E-state index is 11.9. The van der Waals surface area contributed by atoms with Crippen LogP contribution in [-0.4, -0.2) is 44.7 Å². The van der Waals surface area contributed by atoms with Crippen molar-refractivity contribution in [1.82, 2.24) is 15.0 Å². The highest BCUT2D eigenvalue weighted by Gasteiger charge is 2.11. The number of carboxylic acid groups (broad SMARTS) is 1. The summed E-state index contributed by atoms with van der Waals surface area (Å²) in [6.45, 7) is 10.4. The maximum Gasteiger partial charge on any atom is 0.371 e.